The smallest absolute Gasteiger partial charge is 0.307 e. The normalized spacial score (nSPS) is 18.8. The number of carboxylic acid groups (broad SMARTS) is 1. The Morgan fingerprint density at radius 3 is 2.44 bits per heavy atom. The van der Waals surface area contributed by atoms with Crippen LogP contribution < -0.4 is 5.32 Å². The van der Waals surface area contributed by atoms with Gasteiger partial charge in [-0.25, -0.2) is 4.99 Å². The molecule has 0 aromatic heterocycles. The lowest BCUT2D eigenvalue weighted by Crippen LogP contribution is -2.40. The number of carboxylic acids is 1. The summed E-state index contributed by atoms with van der Waals surface area (Å²) in [6, 6.07) is 14.0. The van der Waals surface area contributed by atoms with Gasteiger partial charge in [0.2, 0.25) is 0 Å². The first-order valence-corrected chi connectivity index (χ1v) is 10.9. The molecule has 2 aliphatic rings. The first kappa shape index (κ1) is 21.8. The predicted molar refractivity (Wildman–Crippen MR) is 122 cm³/mol. The number of nitrogens with one attached hydrogen (secondary N) is 1. The largest absolute Gasteiger partial charge is 0.481 e. The van der Waals surface area contributed by atoms with Crippen molar-refractivity contribution >= 4 is 46.5 Å². The number of rotatable bonds is 5. The van der Waals surface area contributed by atoms with Crippen molar-refractivity contribution in [2.24, 2.45) is 4.99 Å². The van der Waals surface area contributed by atoms with Crippen LogP contribution in [0.4, 0.5) is 5.69 Å². The predicted octanol–water partition coefficient (Wildman–Crippen LogP) is 2.68. The number of hydrogen-bond donors (Lipinski definition) is 2. The highest BCUT2D eigenvalue weighted by Crippen LogP contribution is 2.28. The summed E-state index contributed by atoms with van der Waals surface area (Å²) in [5, 5.41) is 12.0. The summed E-state index contributed by atoms with van der Waals surface area (Å²) >= 11 is 1.22. The molecule has 0 bridgehead atoms. The van der Waals surface area contributed by atoms with Crippen LogP contribution in [0.3, 0.4) is 0 Å². The quantitative estimate of drug-likeness (QED) is 0.677. The number of benzene rings is 2. The summed E-state index contributed by atoms with van der Waals surface area (Å²) in [6.45, 7) is 2.29. The summed E-state index contributed by atoms with van der Waals surface area (Å²) in [7, 11) is 0. The molecular weight excluding hydrogens is 430 g/mol. The Bertz CT molecular complexity index is 1090. The van der Waals surface area contributed by atoms with Crippen LogP contribution in [-0.2, 0) is 20.7 Å². The minimum atomic E-state index is -0.893. The van der Waals surface area contributed by atoms with E-state index in [-0.39, 0.29) is 18.2 Å². The van der Waals surface area contributed by atoms with Crippen LogP contribution in [0.2, 0.25) is 0 Å². The maximum atomic E-state index is 12.5. The average Bonchev–Trinajstić information content (AvgIpc) is 3.14. The van der Waals surface area contributed by atoms with Crippen molar-refractivity contribution in [1.29, 1.82) is 0 Å². The van der Waals surface area contributed by atoms with Crippen LogP contribution in [0.15, 0.2) is 58.4 Å². The Labute approximate surface area is 189 Å². The van der Waals surface area contributed by atoms with Gasteiger partial charge in [-0.2, -0.15) is 0 Å². The minimum absolute atomic E-state index is 0.0238. The second-order valence-corrected chi connectivity index (χ2v) is 8.28. The lowest BCUT2D eigenvalue weighted by molar-refractivity contribution is -0.136. The van der Waals surface area contributed by atoms with Gasteiger partial charge in [0.1, 0.15) is 0 Å². The van der Waals surface area contributed by atoms with Crippen molar-refractivity contribution < 1.29 is 24.2 Å². The molecule has 2 aromatic carbocycles. The Hall–Kier alpha value is -3.43. The number of carbonyl (C=O) groups excluding carboxylic acids is 2. The van der Waals surface area contributed by atoms with E-state index in [1.165, 1.54) is 11.8 Å². The molecule has 2 saturated heterocycles. The SMILES string of the molecule is O=C(O)Cc1ccc(N=C2NC(=O)C(=Cc3ccc(C(=O)N4CCOCC4)cc3)S2)cc1. The molecule has 2 aliphatic heterocycles. The van der Waals surface area contributed by atoms with Crippen LogP contribution in [0, 0.1) is 0 Å². The maximum absolute atomic E-state index is 12.5. The summed E-state index contributed by atoms with van der Waals surface area (Å²) in [5.41, 5.74) is 2.71. The molecule has 32 heavy (non-hydrogen) atoms. The summed E-state index contributed by atoms with van der Waals surface area (Å²) in [4.78, 5) is 42.3. The Kier molecular flexibility index (Phi) is 6.67. The molecule has 8 nitrogen and oxygen atoms in total. The molecule has 9 heteroatoms. The zero-order valence-corrected chi connectivity index (χ0v) is 17.9. The lowest BCUT2D eigenvalue weighted by Gasteiger charge is -2.26. The summed E-state index contributed by atoms with van der Waals surface area (Å²) in [6.07, 6.45) is 1.70. The summed E-state index contributed by atoms with van der Waals surface area (Å²) < 4.78 is 5.28. The number of amidine groups is 1. The molecule has 2 aromatic rings. The first-order valence-electron chi connectivity index (χ1n) is 10.1. The van der Waals surface area contributed by atoms with Gasteiger partial charge in [0, 0.05) is 18.7 Å². The number of ether oxygens (including phenoxy) is 1. The van der Waals surface area contributed by atoms with E-state index in [1.54, 1.807) is 47.4 Å². The van der Waals surface area contributed by atoms with Gasteiger partial charge in [0.05, 0.1) is 30.2 Å². The highest BCUT2D eigenvalue weighted by atomic mass is 32.2. The number of carbonyl (C=O) groups is 3. The van der Waals surface area contributed by atoms with E-state index in [0.717, 1.165) is 5.56 Å². The second kappa shape index (κ2) is 9.80. The van der Waals surface area contributed by atoms with E-state index in [2.05, 4.69) is 10.3 Å². The van der Waals surface area contributed by atoms with E-state index in [9.17, 15) is 14.4 Å². The zero-order valence-electron chi connectivity index (χ0n) is 17.1. The molecule has 2 heterocycles. The average molecular weight is 452 g/mol. The molecule has 0 atom stereocenters. The van der Waals surface area contributed by atoms with E-state index in [0.29, 0.717) is 53.2 Å². The van der Waals surface area contributed by atoms with E-state index >= 15 is 0 Å². The van der Waals surface area contributed by atoms with Gasteiger partial charge >= 0.3 is 5.97 Å². The van der Waals surface area contributed by atoms with Crippen LogP contribution >= 0.6 is 11.8 Å². The molecule has 2 fully saturated rings. The van der Waals surface area contributed by atoms with Crippen molar-refractivity contribution in [3.8, 4) is 0 Å². The van der Waals surface area contributed by atoms with Crippen molar-refractivity contribution in [2.45, 2.75) is 6.42 Å². The van der Waals surface area contributed by atoms with Gasteiger partial charge in [0.15, 0.2) is 5.17 Å². The molecule has 4 rings (SSSR count). The molecule has 2 N–H and O–H groups in total. The van der Waals surface area contributed by atoms with Gasteiger partial charge < -0.3 is 20.1 Å². The molecule has 0 radical (unpaired) electrons. The summed E-state index contributed by atoms with van der Waals surface area (Å²) in [5.74, 6) is -1.16. The Morgan fingerprint density at radius 1 is 1.09 bits per heavy atom. The highest BCUT2D eigenvalue weighted by Gasteiger charge is 2.24. The molecule has 0 aliphatic carbocycles. The Balaban J connectivity index is 1.42. The molecule has 2 amide bonds. The standard InChI is InChI=1S/C23H21N3O5S/c27-20(28)14-16-3-7-18(8-4-16)24-23-25-21(29)19(32-23)13-15-1-5-17(6-2-15)22(30)26-9-11-31-12-10-26/h1-8,13H,9-12,14H2,(H,27,28)(H,24,25,29). The molecule has 0 spiro atoms. The van der Waals surface area contributed by atoms with Crippen molar-refractivity contribution in [3.05, 3.63) is 70.1 Å². The number of thioether (sulfide) groups is 1. The zero-order chi connectivity index (χ0) is 22.5. The van der Waals surface area contributed by atoms with Gasteiger partial charge in [-0.1, -0.05) is 24.3 Å². The van der Waals surface area contributed by atoms with E-state index < -0.39 is 5.97 Å². The van der Waals surface area contributed by atoms with Gasteiger partial charge in [0.25, 0.3) is 11.8 Å². The number of hydrogen-bond acceptors (Lipinski definition) is 6. The molecule has 0 unspecified atom stereocenters. The van der Waals surface area contributed by atoms with E-state index in [1.807, 2.05) is 12.1 Å². The van der Waals surface area contributed by atoms with E-state index in [4.69, 9.17) is 9.84 Å². The van der Waals surface area contributed by atoms with Crippen LogP contribution in [0.5, 0.6) is 0 Å². The number of aliphatic carboxylic acids is 1. The van der Waals surface area contributed by atoms with Crippen LogP contribution in [-0.4, -0.2) is 59.3 Å². The van der Waals surface area contributed by atoms with Crippen molar-refractivity contribution in [2.75, 3.05) is 26.3 Å². The van der Waals surface area contributed by atoms with Crippen LogP contribution in [0.1, 0.15) is 21.5 Å². The van der Waals surface area contributed by atoms with Crippen molar-refractivity contribution in [1.82, 2.24) is 10.2 Å². The van der Waals surface area contributed by atoms with Gasteiger partial charge in [-0.15, -0.1) is 0 Å². The number of morpholine rings is 1. The first-order chi connectivity index (χ1) is 15.5. The second-order valence-electron chi connectivity index (χ2n) is 7.25. The number of aliphatic imine (C=N–C) groups is 1. The minimum Gasteiger partial charge on any atom is -0.481 e. The molecule has 0 saturated carbocycles. The Morgan fingerprint density at radius 2 is 1.78 bits per heavy atom. The molecular formula is C23H21N3O5S. The highest BCUT2D eigenvalue weighted by molar-refractivity contribution is 8.18. The monoisotopic (exact) mass is 451 g/mol. The fourth-order valence-corrected chi connectivity index (χ4v) is 4.12. The fraction of sp³-hybridized carbons (Fsp3) is 0.217. The lowest BCUT2D eigenvalue weighted by atomic mass is 10.1. The molecule has 164 valence electrons. The third kappa shape index (κ3) is 5.43. The van der Waals surface area contributed by atoms with Gasteiger partial charge in [-0.3, -0.25) is 14.4 Å². The topological polar surface area (TPSA) is 108 Å². The fourth-order valence-electron chi connectivity index (χ4n) is 3.28. The third-order valence-corrected chi connectivity index (χ3v) is 5.84. The third-order valence-electron chi connectivity index (χ3n) is 4.93. The number of amides is 2. The maximum Gasteiger partial charge on any atom is 0.307 e. The number of nitrogens with zero attached hydrogens (tertiary/aromatic N) is 2. The van der Waals surface area contributed by atoms with Crippen molar-refractivity contribution in [3.63, 3.8) is 0 Å². The van der Waals surface area contributed by atoms with Crippen LogP contribution in [0.25, 0.3) is 6.08 Å². The van der Waals surface area contributed by atoms with Gasteiger partial charge in [-0.05, 0) is 53.2 Å².